The lowest BCUT2D eigenvalue weighted by molar-refractivity contribution is -0.129. The predicted octanol–water partition coefficient (Wildman–Crippen LogP) is -2.16. The summed E-state index contributed by atoms with van der Waals surface area (Å²) in [5, 5.41) is 27.9. The van der Waals surface area contributed by atoms with Crippen LogP contribution in [-0.4, -0.2) is 46.6 Å². The van der Waals surface area contributed by atoms with Gasteiger partial charge in [-0.3, -0.25) is 4.79 Å². The second-order valence-electron chi connectivity index (χ2n) is 2.25. The number of aliphatic hydroxyl groups is 3. The molecule has 66 valence electrons. The predicted molar refractivity (Wildman–Crippen MR) is 37.8 cm³/mol. The van der Waals surface area contributed by atoms with Crippen LogP contribution in [0.25, 0.3) is 0 Å². The van der Waals surface area contributed by atoms with E-state index in [2.05, 4.69) is 5.32 Å². The van der Waals surface area contributed by atoms with Gasteiger partial charge in [0.15, 0.2) is 0 Å². The average Bonchev–Trinajstić information content (AvgIpc) is 1.99. The number of carbonyl (C=O) groups excluding carboxylic acids is 1. The van der Waals surface area contributed by atoms with Crippen LogP contribution in [0.4, 0.5) is 0 Å². The first-order valence-electron chi connectivity index (χ1n) is 3.32. The van der Waals surface area contributed by atoms with Crippen molar-refractivity contribution in [2.24, 2.45) is 0 Å². The van der Waals surface area contributed by atoms with E-state index < -0.39 is 18.1 Å². The Bertz CT molecular complexity index is 122. The molecule has 0 fully saturated rings. The van der Waals surface area contributed by atoms with Gasteiger partial charge in [-0.15, -0.1) is 0 Å². The van der Waals surface area contributed by atoms with Crippen molar-refractivity contribution in [1.82, 2.24) is 5.32 Å². The monoisotopic (exact) mass is 163 g/mol. The molecule has 0 aliphatic carbocycles. The zero-order valence-electron chi connectivity index (χ0n) is 6.32. The fourth-order valence-corrected chi connectivity index (χ4v) is 0.471. The highest BCUT2D eigenvalue weighted by atomic mass is 16.3. The van der Waals surface area contributed by atoms with Gasteiger partial charge in [-0.05, 0) is 6.92 Å². The van der Waals surface area contributed by atoms with Crippen molar-refractivity contribution in [2.45, 2.75) is 19.1 Å². The van der Waals surface area contributed by atoms with Crippen LogP contribution in [0, 0.1) is 0 Å². The van der Waals surface area contributed by atoms with Crippen LogP contribution < -0.4 is 5.32 Å². The first-order valence-corrected chi connectivity index (χ1v) is 3.32. The molecule has 0 aliphatic heterocycles. The second kappa shape index (κ2) is 5.06. The molecule has 0 bridgehead atoms. The molecule has 1 atom stereocenters. The second-order valence-corrected chi connectivity index (χ2v) is 2.25. The summed E-state index contributed by atoms with van der Waals surface area (Å²) in [7, 11) is 0. The van der Waals surface area contributed by atoms with Crippen molar-refractivity contribution in [2.75, 3.05) is 13.2 Å². The quantitative estimate of drug-likeness (QED) is 0.380. The van der Waals surface area contributed by atoms with Crippen molar-refractivity contribution in [3.8, 4) is 0 Å². The number of hydrogen-bond donors (Lipinski definition) is 4. The molecule has 11 heavy (non-hydrogen) atoms. The molecule has 0 unspecified atom stereocenters. The third-order valence-electron chi connectivity index (χ3n) is 1.17. The van der Waals surface area contributed by atoms with Gasteiger partial charge in [0.05, 0.1) is 19.3 Å². The molecule has 0 aromatic heterocycles. The first-order chi connectivity index (χ1) is 5.11. The highest BCUT2D eigenvalue weighted by Crippen LogP contribution is 1.84. The molecule has 1 amide bonds. The normalized spacial score (nSPS) is 13.2. The van der Waals surface area contributed by atoms with E-state index in [1.807, 2.05) is 0 Å². The summed E-state index contributed by atoms with van der Waals surface area (Å²) in [6.07, 6.45) is -1.12. The molecule has 0 spiro atoms. The Kier molecular flexibility index (Phi) is 4.76. The minimum absolute atomic E-state index is 0.338. The summed E-state index contributed by atoms with van der Waals surface area (Å²) in [4.78, 5) is 10.7. The van der Waals surface area contributed by atoms with E-state index in [0.29, 0.717) is 0 Å². The van der Waals surface area contributed by atoms with Gasteiger partial charge in [0, 0.05) is 0 Å². The van der Waals surface area contributed by atoms with Crippen LogP contribution in [0.1, 0.15) is 6.92 Å². The molecule has 0 aliphatic rings. The van der Waals surface area contributed by atoms with Gasteiger partial charge in [-0.1, -0.05) is 0 Å². The molecule has 0 aromatic rings. The smallest absolute Gasteiger partial charge is 0.248 e. The summed E-state index contributed by atoms with van der Waals surface area (Å²) in [5.41, 5.74) is 0. The minimum atomic E-state index is -1.12. The molecule has 0 aromatic carbocycles. The zero-order chi connectivity index (χ0) is 8.85. The minimum Gasteiger partial charge on any atom is -0.394 e. The lowest BCUT2D eigenvalue weighted by Crippen LogP contribution is -2.44. The van der Waals surface area contributed by atoms with Crippen molar-refractivity contribution in [3.05, 3.63) is 0 Å². The summed E-state index contributed by atoms with van der Waals surface area (Å²) in [5.74, 6) is -0.599. The van der Waals surface area contributed by atoms with Crippen molar-refractivity contribution >= 4 is 5.91 Å². The zero-order valence-corrected chi connectivity index (χ0v) is 6.32. The largest absolute Gasteiger partial charge is 0.394 e. The third kappa shape index (κ3) is 3.92. The van der Waals surface area contributed by atoms with Gasteiger partial charge < -0.3 is 20.6 Å². The van der Waals surface area contributed by atoms with Gasteiger partial charge >= 0.3 is 0 Å². The van der Waals surface area contributed by atoms with Gasteiger partial charge in [0.2, 0.25) is 5.91 Å². The molecule has 0 saturated heterocycles. The number of amides is 1. The van der Waals surface area contributed by atoms with Gasteiger partial charge in [0.1, 0.15) is 6.10 Å². The lowest BCUT2D eigenvalue weighted by atomic mass is 10.3. The number of aliphatic hydroxyl groups excluding tert-OH is 3. The molecule has 0 radical (unpaired) electrons. The Morgan fingerprint density at radius 1 is 1.45 bits per heavy atom. The molecular formula is C6H13NO4. The lowest BCUT2D eigenvalue weighted by Gasteiger charge is -2.13. The summed E-state index contributed by atoms with van der Waals surface area (Å²) in [6.45, 7) is 0.630. The Labute approximate surface area is 64.7 Å². The van der Waals surface area contributed by atoms with E-state index in [0.717, 1.165) is 0 Å². The van der Waals surface area contributed by atoms with Crippen molar-refractivity contribution in [1.29, 1.82) is 0 Å². The van der Waals surface area contributed by atoms with Crippen LogP contribution in [0.15, 0.2) is 0 Å². The van der Waals surface area contributed by atoms with Gasteiger partial charge in [0.25, 0.3) is 0 Å². The first kappa shape index (κ1) is 10.3. The molecule has 4 N–H and O–H groups in total. The van der Waals surface area contributed by atoms with E-state index in [9.17, 15) is 4.79 Å². The maximum Gasteiger partial charge on any atom is 0.248 e. The topological polar surface area (TPSA) is 89.8 Å². The van der Waals surface area contributed by atoms with E-state index in [-0.39, 0.29) is 13.2 Å². The van der Waals surface area contributed by atoms with E-state index in [4.69, 9.17) is 15.3 Å². The summed E-state index contributed by atoms with van der Waals surface area (Å²) in [6, 6.07) is -0.683. The van der Waals surface area contributed by atoms with Crippen LogP contribution in [0.3, 0.4) is 0 Å². The maximum absolute atomic E-state index is 10.7. The third-order valence-corrected chi connectivity index (χ3v) is 1.17. The average molecular weight is 163 g/mol. The van der Waals surface area contributed by atoms with Crippen LogP contribution in [0.5, 0.6) is 0 Å². The summed E-state index contributed by atoms with van der Waals surface area (Å²) >= 11 is 0. The van der Waals surface area contributed by atoms with E-state index in [1.54, 1.807) is 0 Å². The number of nitrogens with one attached hydrogen (secondary N) is 1. The SMILES string of the molecule is C[C@@H](O)C(=O)NC(CO)CO. The van der Waals surface area contributed by atoms with Crippen molar-refractivity contribution in [3.63, 3.8) is 0 Å². The van der Waals surface area contributed by atoms with E-state index >= 15 is 0 Å². The van der Waals surface area contributed by atoms with Crippen LogP contribution >= 0.6 is 0 Å². The van der Waals surface area contributed by atoms with E-state index in [1.165, 1.54) is 6.92 Å². The Hall–Kier alpha value is -0.650. The van der Waals surface area contributed by atoms with Crippen molar-refractivity contribution < 1.29 is 20.1 Å². The highest BCUT2D eigenvalue weighted by Gasteiger charge is 2.13. The molecule has 0 heterocycles. The van der Waals surface area contributed by atoms with Gasteiger partial charge in [-0.25, -0.2) is 0 Å². The fraction of sp³-hybridized carbons (Fsp3) is 0.833. The van der Waals surface area contributed by atoms with Crippen LogP contribution in [0.2, 0.25) is 0 Å². The highest BCUT2D eigenvalue weighted by molar-refractivity contribution is 5.80. The molecule has 0 rings (SSSR count). The number of rotatable bonds is 4. The molecule has 5 heteroatoms. The number of hydrogen-bond acceptors (Lipinski definition) is 4. The summed E-state index contributed by atoms with van der Waals surface area (Å²) < 4.78 is 0. The fourth-order valence-electron chi connectivity index (χ4n) is 0.471. The maximum atomic E-state index is 10.7. The molecule has 5 nitrogen and oxygen atoms in total. The standard InChI is InChI=1S/C6H13NO4/c1-4(10)6(11)7-5(2-8)3-9/h4-5,8-10H,2-3H2,1H3,(H,7,11)/t4-/m1/s1. The number of carbonyl (C=O) groups is 1. The molecular weight excluding hydrogens is 150 g/mol. The van der Waals surface area contributed by atoms with Gasteiger partial charge in [-0.2, -0.15) is 0 Å². The Morgan fingerprint density at radius 2 is 1.91 bits per heavy atom. The Balaban J connectivity index is 3.72. The Morgan fingerprint density at radius 3 is 2.18 bits per heavy atom. The van der Waals surface area contributed by atoms with Crippen LogP contribution in [-0.2, 0) is 4.79 Å². The molecule has 0 saturated carbocycles.